The molecular weight excluding hydrogens is 413 g/mol. The number of aromatic nitrogens is 5. The molecule has 0 bridgehead atoms. The fourth-order valence-electron chi connectivity index (χ4n) is 3.33. The zero-order valence-electron chi connectivity index (χ0n) is 16.2. The van der Waals surface area contributed by atoms with Gasteiger partial charge in [-0.05, 0) is 38.1 Å². The van der Waals surface area contributed by atoms with E-state index in [-0.39, 0.29) is 5.91 Å². The molecule has 1 fully saturated rings. The molecule has 4 rings (SSSR count). The van der Waals surface area contributed by atoms with Crippen LogP contribution in [0.3, 0.4) is 0 Å². The lowest BCUT2D eigenvalue weighted by Gasteiger charge is -2.38. The van der Waals surface area contributed by atoms with Crippen LogP contribution in [0.2, 0.25) is 5.02 Å². The summed E-state index contributed by atoms with van der Waals surface area (Å²) in [6.45, 7) is 6.27. The summed E-state index contributed by atoms with van der Waals surface area (Å²) in [6, 6.07) is 7.32. The molecule has 2 aromatic heterocycles. The van der Waals surface area contributed by atoms with Crippen molar-refractivity contribution in [1.82, 2.24) is 29.9 Å². The molecule has 1 aliphatic rings. The molecule has 152 valence electrons. The predicted molar refractivity (Wildman–Crippen MR) is 113 cm³/mol. The van der Waals surface area contributed by atoms with Gasteiger partial charge in [0.05, 0.1) is 11.1 Å². The summed E-state index contributed by atoms with van der Waals surface area (Å²) in [5.41, 5.74) is 1.51. The number of halogens is 2. The minimum Gasteiger partial charge on any atom is -0.351 e. The topological polar surface area (TPSA) is 80.0 Å². The number of carbonyl (C=O) groups is 1. The third-order valence-electron chi connectivity index (χ3n) is 5.07. The number of piperazine rings is 1. The normalized spacial score (nSPS) is 15.2. The summed E-state index contributed by atoms with van der Waals surface area (Å²) in [7, 11) is 0. The molecule has 1 amide bonds. The van der Waals surface area contributed by atoms with Gasteiger partial charge in [0.1, 0.15) is 6.33 Å². The first-order chi connectivity index (χ1) is 13.9. The van der Waals surface area contributed by atoms with Crippen molar-refractivity contribution in [2.24, 2.45) is 5.41 Å². The van der Waals surface area contributed by atoms with Crippen LogP contribution in [0.1, 0.15) is 13.8 Å². The summed E-state index contributed by atoms with van der Waals surface area (Å²) in [5, 5.41) is 9.22. The van der Waals surface area contributed by atoms with E-state index >= 15 is 0 Å². The lowest BCUT2D eigenvalue weighted by molar-refractivity contribution is -0.139. The van der Waals surface area contributed by atoms with E-state index < -0.39 is 5.41 Å². The van der Waals surface area contributed by atoms with Gasteiger partial charge < -0.3 is 9.80 Å². The number of carbonyl (C=O) groups excluding carboxylic acids is 1. The molecule has 3 aromatic rings. The standard InChI is InChI=1S/C19H21Cl2N7O/c1-19(2,11-20)18(29)27-9-7-26(8-10-27)16-15-17(23-12-22-16)28(25-24-15)14-5-3-13(21)4-6-14/h3-6,12H,7-11H2,1-2H3. The molecule has 0 spiro atoms. The molecule has 0 N–H and O–H groups in total. The van der Waals surface area contributed by atoms with Gasteiger partial charge >= 0.3 is 0 Å². The number of anilines is 1. The van der Waals surface area contributed by atoms with Crippen molar-refractivity contribution >= 4 is 46.1 Å². The van der Waals surface area contributed by atoms with Gasteiger partial charge in [-0.15, -0.1) is 16.7 Å². The first kappa shape index (κ1) is 19.8. The van der Waals surface area contributed by atoms with Gasteiger partial charge in [-0.1, -0.05) is 16.8 Å². The second kappa shape index (κ2) is 7.76. The van der Waals surface area contributed by atoms with Crippen LogP contribution in [0.25, 0.3) is 16.9 Å². The third-order valence-corrected chi connectivity index (χ3v) is 5.99. The second-order valence-electron chi connectivity index (χ2n) is 7.64. The third kappa shape index (κ3) is 3.74. The van der Waals surface area contributed by atoms with Crippen molar-refractivity contribution in [2.75, 3.05) is 37.0 Å². The molecule has 10 heteroatoms. The highest BCUT2D eigenvalue weighted by Crippen LogP contribution is 2.26. The number of amides is 1. The number of hydrogen-bond acceptors (Lipinski definition) is 6. The average Bonchev–Trinajstić information content (AvgIpc) is 3.18. The van der Waals surface area contributed by atoms with Gasteiger partial charge in [-0.2, -0.15) is 4.68 Å². The molecule has 8 nitrogen and oxygen atoms in total. The molecule has 0 unspecified atom stereocenters. The molecule has 1 saturated heterocycles. The zero-order chi connectivity index (χ0) is 20.6. The highest BCUT2D eigenvalue weighted by molar-refractivity contribution is 6.30. The van der Waals surface area contributed by atoms with Crippen LogP contribution in [-0.4, -0.2) is 67.8 Å². The van der Waals surface area contributed by atoms with Gasteiger partial charge in [-0.3, -0.25) is 4.79 Å². The first-order valence-electron chi connectivity index (χ1n) is 9.33. The van der Waals surface area contributed by atoms with Crippen LogP contribution in [0.5, 0.6) is 0 Å². The van der Waals surface area contributed by atoms with Crippen molar-refractivity contribution in [3.63, 3.8) is 0 Å². The van der Waals surface area contributed by atoms with Crippen LogP contribution in [0.15, 0.2) is 30.6 Å². The first-order valence-corrected chi connectivity index (χ1v) is 10.2. The van der Waals surface area contributed by atoms with Crippen LogP contribution in [-0.2, 0) is 4.79 Å². The van der Waals surface area contributed by atoms with Gasteiger partial charge in [0.15, 0.2) is 17.0 Å². The number of benzene rings is 1. The van der Waals surface area contributed by atoms with E-state index in [1.54, 1.807) is 16.8 Å². The molecule has 0 atom stereocenters. The summed E-state index contributed by atoms with van der Waals surface area (Å²) >= 11 is 11.9. The Bertz CT molecular complexity index is 1030. The van der Waals surface area contributed by atoms with Crippen molar-refractivity contribution in [1.29, 1.82) is 0 Å². The average molecular weight is 434 g/mol. The quantitative estimate of drug-likeness (QED) is 0.588. The number of nitrogens with zero attached hydrogens (tertiary/aromatic N) is 7. The van der Waals surface area contributed by atoms with Gasteiger partial charge in [-0.25, -0.2) is 9.97 Å². The molecule has 0 saturated carbocycles. The van der Waals surface area contributed by atoms with Crippen LogP contribution >= 0.6 is 23.2 Å². The molecule has 29 heavy (non-hydrogen) atoms. The van der Waals surface area contributed by atoms with E-state index in [1.807, 2.05) is 30.9 Å². The Hall–Kier alpha value is -2.45. The Morgan fingerprint density at radius 1 is 1.10 bits per heavy atom. The van der Waals surface area contributed by atoms with Crippen molar-refractivity contribution in [3.8, 4) is 5.69 Å². The Morgan fingerprint density at radius 3 is 2.45 bits per heavy atom. The molecule has 1 aliphatic heterocycles. The lowest BCUT2D eigenvalue weighted by Crippen LogP contribution is -2.52. The fraction of sp³-hybridized carbons (Fsp3) is 0.421. The largest absolute Gasteiger partial charge is 0.351 e. The molecular formula is C19H21Cl2N7O. The van der Waals surface area contributed by atoms with Gasteiger partial charge in [0, 0.05) is 37.1 Å². The predicted octanol–water partition coefficient (Wildman–Crippen LogP) is 2.78. The van der Waals surface area contributed by atoms with Crippen molar-refractivity contribution < 1.29 is 4.79 Å². The smallest absolute Gasteiger partial charge is 0.229 e. The highest BCUT2D eigenvalue weighted by atomic mass is 35.5. The Labute approximate surface area is 178 Å². The maximum Gasteiger partial charge on any atom is 0.229 e. The molecule has 0 aliphatic carbocycles. The summed E-state index contributed by atoms with van der Waals surface area (Å²) in [5.74, 6) is 1.10. The minimum atomic E-state index is -0.562. The Kier molecular flexibility index (Phi) is 5.31. The Balaban J connectivity index is 1.57. The van der Waals surface area contributed by atoms with E-state index in [2.05, 4.69) is 25.2 Å². The van der Waals surface area contributed by atoms with Crippen LogP contribution in [0.4, 0.5) is 5.82 Å². The van der Waals surface area contributed by atoms with E-state index in [0.717, 1.165) is 11.5 Å². The second-order valence-corrected chi connectivity index (χ2v) is 8.35. The number of alkyl halides is 1. The maximum atomic E-state index is 12.7. The van der Waals surface area contributed by atoms with E-state index in [4.69, 9.17) is 23.2 Å². The molecule has 3 heterocycles. The monoisotopic (exact) mass is 433 g/mol. The SMILES string of the molecule is CC(C)(CCl)C(=O)N1CCN(c2ncnc3c2nnn3-c2ccc(Cl)cc2)CC1. The van der Waals surface area contributed by atoms with Crippen LogP contribution < -0.4 is 4.90 Å². The van der Waals surface area contributed by atoms with Crippen molar-refractivity contribution in [3.05, 3.63) is 35.6 Å². The number of hydrogen-bond donors (Lipinski definition) is 0. The Morgan fingerprint density at radius 2 is 1.79 bits per heavy atom. The molecule has 1 aromatic carbocycles. The van der Waals surface area contributed by atoms with E-state index in [1.165, 1.54) is 6.33 Å². The molecule has 0 radical (unpaired) electrons. The summed E-state index contributed by atoms with van der Waals surface area (Å²) < 4.78 is 1.67. The summed E-state index contributed by atoms with van der Waals surface area (Å²) in [6.07, 6.45) is 1.52. The highest BCUT2D eigenvalue weighted by Gasteiger charge is 2.33. The van der Waals surface area contributed by atoms with Gasteiger partial charge in [0.2, 0.25) is 5.91 Å². The van der Waals surface area contributed by atoms with E-state index in [9.17, 15) is 4.79 Å². The van der Waals surface area contributed by atoms with Crippen LogP contribution in [0, 0.1) is 5.41 Å². The minimum absolute atomic E-state index is 0.0775. The zero-order valence-corrected chi connectivity index (χ0v) is 17.7. The fourth-order valence-corrected chi connectivity index (χ4v) is 3.57. The van der Waals surface area contributed by atoms with Crippen molar-refractivity contribution in [2.45, 2.75) is 13.8 Å². The van der Waals surface area contributed by atoms with Gasteiger partial charge in [0.25, 0.3) is 0 Å². The lowest BCUT2D eigenvalue weighted by atomic mass is 9.94. The summed E-state index contributed by atoms with van der Waals surface area (Å²) in [4.78, 5) is 25.4. The maximum absolute atomic E-state index is 12.7. The number of fused-ring (bicyclic) bond motifs is 1. The van der Waals surface area contributed by atoms with E-state index in [0.29, 0.717) is 48.2 Å². The number of rotatable bonds is 4.